The summed E-state index contributed by atoms with van der Waals surface area (Å²) in [4.78, 5) is 2.48. The predicted molar refractivity (Wildman–Crippen MR) is 103 cm³/mol. The molecule has 3 heteroatoms. The van der Waals surface area contributed by atoms with Crippen LogP contribution in [0.5, 0.6) is 0 Å². The lowest BCUT2D eigenvalue weighted by atomic mass is 10.00. The zero-order valence-electron chi connectivity index (χ0n) is 14.0. The van der Waals surface area contributed by atoms with Crippen LogP contribution in [0.2, 0.25) is 0 Å². The van der Waals surface area contributed by atoms with E-state index in [4.69, 9.17) is 5.73 Å². The van der Waals surface area contributed by atoms with Crippen molar-refractivity contribution in [3.05, 3.63) is 94.2 Å². The first-order valence-corrected chi connectivity index (χ1v) is 9.28. The summed E-state index contributed by atoms with van der Waals surface area (Å²) in [5.41, 5.74) is 10.3. The maximum Gasteiger partial charge on any atom is 0.0511 e. The smallest absolute Gasteiger partial charge is 0.0511 e. The van der Waals surface area contributed by atoms with E-state index in [-0.39, 0.29) is 12.1 Å². The van der Waals surface area contributed by atoms with Gasteiger partial charge in [-0.05, 0) is 40.4 Å². The second kappa shape index (κ2) is 8.25. The molecule has 2 aromatic carbocycles. The first kappa shape index (κ1) is 16.9. The molecule has 2 atom stereocenters. The summed E-state index contributed by atoms with van der Waals surface area (Å²) in [6.45, 7) is 3.88. The average Bonchev–Trinajstić information content (AvgIpc) is 3.10. The third-order valence-electron chi connectivity index (χ3n) is 4.23. The van der Waals surface area contributed by atoms with Crippen LogP contribution in [0.15, 0.2) is 77.5 Å². The van der Waals surface area contributed by atoms with Gasteiger partial charge in [-0.25, -0.2) is 0 Å². The third kappa shape index (κ3) is 4.32. The highest BCUT2D eigenvalue weighted by Gasteiger charge is 2.24. The lowest BCUT2D eigenvalue weighted by molar-refractivity contribution is 0.159. The highest BCUT2D eigenvalue weighted by Crippen LogP contribution is 2.29. The van der Waals surface area contributed by atoms with Crippen molar-refractivity contribution >= 4 is 11.3 Å². The fourth-order valence-electron chi connectivity index (χ4n) is 3.18. The van der Waals surface area contributed by atoms with Crippen molar-refractivity contribution in [1.29, 1.82) is 0 Å². The Hall–Kier alpha value is -1.94. The monoisotopic (exact) mass is 336 g/mol. The lowest BCUT2D eigenvalue weighted by Crippen LogP contribution is -2.38. The summed E-state index contributed by atoms with van der Waals surface area (Å²) in [5, 5.41) is 4.35. The van der Waals surface area contributed by atoms with Crippen molar-refractivity contribution in [3.8, 4) is 0 Å². The molecule has 0 fully saturated rings. The normalized spacial score (nSPS) is 13.8. The van der Waals surface area contributed by atoms with Gasteiger partial charge in [0.1, 0.15) is 0 Å². The van der Waals surface area contributed by atoms with Crippen molar-refractivity contribution in [1.82, 2.24) is 4.90 Å². The van der Waals surface area contributed by atoms with E-state index in [2.05, 4.69) is 89.3 Å². The Kier molecular flexibility index (Phi) is 5.81. The van der Waals surface area contributed by atoms with E-state index in [1.165, 1.54) is 16.7 Å². The van der Waals surface area contributed by atoms with Crippen LogP contribution < -0.4 is 5.73 Å². The highest BCUT2D eigenvalue weighted by atomic mass is 32.1. The van der Waals surface area contributed by atoms with Crippen LogP contribution in [-0.2, 0) is 13.1 Å². The molecule has 1 heterocycles. The summed E-state index contributed by atoms with van der Waals surface area (Å²) in [6, 6.07) is 23.7. The fraction of sp³-hybridized carbons (Fsp3) is 0.238. The zero-order valence-corrected chi connectivity index (χ0v) is 14.8. The third-order valence-corrected chi connectivity index (χ3v) is 4.93. The molecule has 0 aliphatic carbocycles. The van der Waals surface area contributed by atoms with Gasteiger partial charge in [0.05, 0.1) is 6.04 Å². The topological polar surface area (TPSA) is 29.3 Å². The van der Waals surface area contributed by atoms with Crippen molar-refractivity contribution in [2.45, 2.75) is 32.1 Å². The highest BCUT2D eigenvalue weighted by molar-refractivity contribution is 7.07. The average molecular weight is 337 g/mol. The molecule has 3 aromatic rings. The zero-order chi connectivity index (χ0) is 16.8. The minimum absolute atomic E-state index is 0.0621. The van der Waals surface area contributed by atoms with Gasteiger partial charge in [-0.1, -0.05) is 60.7 Å². The van der Waals surface area contributed by atoms with E-state index in [0.717, 1.165) is 13.1 Å². The van der Waals surface area contributed by atoms with Crippen molar-refractivity contribution in [2.75, 3.05) is 0 Å². The van der Waals surface area contributed by atoms with Crippen LogP contribution in [0.3, 0.4) is 0 Å². The minimum Gasteiger partial charge on any atom is -0.326 e. The Morgan fingerprint density at radius 3 is 1.83 bits per heavy atom. The molecule has 0 aliphatic heterocycles. The maximum absolute atomic E-state index is 6.40. The van der Waals surface area contributed by atoms with Crippen LogP contribution in [0.4, 0.5) is 0 Å². The molecule has 124 valence electrons. The van der Waals surface area contributed by atoms with Gasteiger partial charge in [-0.3, -0.25) is 4.90 Å². The van der Waals surface area contributed by atoms with E-state index >= 15 is 0 Å². The molecule has 0 spiro atoms. The second-order valence-electron chi connectivity index (χ2n) is 6.24. The van der Waals surface area contributed by atoms with Gasteiger partial charge in [-0.2, -0.15) is 11.3 Å². The molecule has 3 rings (SSSR count). The van der Waals surface area contributed by atoms with Crippen molar-refractivity contribution in [2.24, 2.45) is 5.73 Å². The maximum atomic E-state index is 6.40. The van der Waals surface area contributed by atoms with Crippen LogP contribution in [0.1, 0.15) is 29.7 Å². The summed E-state index contributed by atoms with van der Waals surface area (Å²) in [7, 11) is 0. The standard InChI is InChI=1S/C21H24N2S/c1-17(22)21(20-12-13-24-16-20)23(14-18-8-4-2-5-9-18)15-19-10-6-3-7-11-19/h2-13,16-17,21H,14-15,22H2,1H3. The molecule has 0 amide bonds. The van der Waals surface area contributed by atoms with Crippen LogP contribution in [-0.4, -0.2) is 10.9 Å². The fourth-order valence-corrected chi connectivity index (χ4v) is 3.87. The molecule has 24 heavy (non-hydrogen) atoms. The summed E-state index contributed by atoms with van der Waals surface area (Å²) >= 11 is 1.73. The summed E-state index contributed by atoms with van der Waals surface area (Å²) < 4.78 is 0. The Morgan fingerprint density at radius 2 is 1.42 bits per heavy atom. The molecule has 0 bridgehead atoms. The molecule has 1 aromatic heterocycles. The van der Waals surface area contributed by atoms with Gasteiger partial charge in [0, 0.05) is 19.1 Å². The Bertz CT molecular complexity index is 667. The second-order valence-corrected chi connectivity index (χ2v) is 7.02. The molecule has 2 nitrogen and oxygen atoms in total. The first-order chi connectivity index (χ1) is 11.7. The molecule has 2 unspecified atom stereocenters. The Labute approximate surface area is 148 Å². The summed E-state index contributed by atoms with van der Waals surface area (Å²) in [6.07, 6.45) is 0. The molecular formula is C21H24N2S. The van der Waals surface area contributed by atoms with Gasteiger partial charge in [0.2, 0.25) is 0 Å². The van der Waals surface area contributed by atoms with Crippen molar-refractivity contribution in [3.63, 3.8) is 0 Å². The van der Waals surface area contributed by atoms with E-state index in [9.17, 15) is 0 Å². The molecule has 0 radical (unpaired) electrons. The lowest BCUT2D eigenvalue weighted by Gasteiger charge is -2.34. The number of hydrogen-bond donors (Lipinski definition) is 1. The van der Waals surface area contributed by atoms with E-state index in [0.29, 0.717) is 0 Å². The molecular weight excluding hydrogens is 312 g/mol. The molecule has 0 aliphatic rings. The quantitative estimate of drug-likeness (QED) is 0.669. The van der Waals surface area contributed by atoms with E-state index < -0.39 is 0 Å². The van der Waals surface area contributed by atoms with Crippen LogP contribution in [0, 0.1) is 0 Å². The Morgan fingerprint density at radius 1 is 0.875 bits per heavy atom. The van der Waals surface area contributed by atoms with E-state index in [1.807, 2.05) is 0 Å². The predicted octanol–water partition coefficient (Wildman–Crippen LogP) is 4.84. The minimum atomic E-state index is 0.0621. The number of hydrogen-bond acceptors (Lipinski definition) is 3. The number of rotatable bonds is 7. The number of nitrogens with two attached hydrogens (primary N) is 1. The number of nitrogens with zero attached hydrogens (tertiary/aromatic N) is 1. The molecule has 0 saturated heterocycles. The number of benzene rings is 2. The van der Waals surface area contributed by atoms with Gasteiger partial charge in [0.15, 0.2) is 0 Å². The van der Waals surface area contributed by atoms with Crippen molar-refractivity contribution < 1.29 is 0 Å². The molecule has 0 saturated carbocycles. The first-order valence-electron chi connectivity index (χ1n) is 8.33. The molecule has 2 N–H and O–H groups in total. The SMILES string of the molecule is CC(N)C(c1ccsc1)N(Cc1ccccc1)Cc1ccccc1. The van der Waals surface area contributed by atoms with Crippen LogP contribution in [0.25, 0.3) is 0 Å². The van der Waals surface area contributed by atoms with E-state index in [1.54, 1.807) is 11.3 Å². The Balaban J connectivity index is 1.90. The largest absolute Gasteiger partial charge is 0.326 e. The van der Waals surface area contributed by atoms with Gasteiger partial charge < -0.3 is 5.73 Å². The van der Waals surface area contributed by atoms with Crippen LogP contribution >= 0.6 is 11.3 Å². The number of thiophene rings is 1. The van der Waals surface area contributed by atoms with Gasteiger partial charge in [-0.15, -0.1) is 0 Å². The van der Waals surface area contributed by atoms with Gasteiger partial charge >= 0.3 is 0 Å². The summed E-state index contributed by atoms with van der Waals surface area (Å²) in [5.74, 6) is 0. The van der Waals surface area contributed by atoms with Gasteiger partial charge in [0.25, 0.3) is 0 Å².